The highest BCUT2D eigenvalue weighted by Gasteiger charge is 2.12. The Bertz CT molecular complexity index is 1540. The smallest absolute Gasteiger partial charge is 0.136 e. The monoisotopic (exact) mass is 448 g/mol. The normalized spacial score (nSPS) is 11.5. The third-order valence-corrected chi connectivity index (χ3v) is 6.26. The van der Waals surface area contributed by atoms with E-state index in [9.17, 15) is 0 Å². The van der Waals surface area contributed by atoms with E-state index in [0.29, 0.717) is 0 Å². The van der Waals surface area contributed by atoms with Gasteiger partial charge < -0.3 is 4.42 Å². The summed E-state index contributed by atoms with van der Waals surface area (Å²) in [5, 5.41) is 4.81. The summed E-state index contributed by atoms with van der Waals surface area (Å²) in [5.74, 6) is 0. The lowest BCUT2D eigenvalue weighted by Gasteiger charge is -2.07. The van der Waals surface area contributed by atoms with Gasteiger partial charge in [-0.25, -0.2) is 0 Å². The first-order valence-corrected chi connectivity index (χ1v) is 10.8. The van der Waals surface area contributed by atoms with Crippen molar-refractivity contribution in [1.29, 1.82) is 0 Å². The minimum Gasteiger partial charge on any atom is -0.456 e. The number of hydrogen-bond donors (Lipinski definition) is 0. The predicted molar refractivity (Wildman–Crippen MR) is 130 cm³/mol. The van der Waals surface area contributed by atoms with E-state index in [-0.39, 0.29) is 0 Å². The molecule has 1 nitrogen and oxygen atoms in total. The Hall–Kier alpha value is -3.36. The summed E-state index contributed by atoms with van der Waals surface area (Å²) in [6, 6.07) is 36.3. The molecule has 5 aromatic carbocycles. The van der Waals surface area contributed by atoms with Crippen LogP contribution in [-0.4, -0.2) is 0 Å². The van der Waals surface area contributed by atoms with E-state index >= 15 is 0 Å². The summed E-state index contributed by atoms with van der Waals surface area (Å²) in [7, 11) is 0. The van der Waals surface area contributed by atoms with Crippen LogP contribution < -0.4 is 0 Å². The number of fused-ring (bicyclic) bond motifs is 5. The van der Waals surface area contributed by atoms with Crippen LogP contribution in [0.25, 0.3) is 55.0 Å². The van der Waals surface area contributed by atoms with Crippen LogP contribution in [0.5, 0.6) is 0 Å². The van der Waals surface area contributed by atoms with Crippen molar-refractivity contribution in [3.8, 4) is 22.3 Å². The van der Waals surface area contributed by atoms with E-state index in [2.05, 4.69) is 119 Å². The molecular weight excluding hydrogens is 432 g/mol. The SMILES string of the molecule is Brc1ccc(-c2cccc(-c3ccc4oc5ccc6ccccc6c5c4c3)c2)cc1. The highest BCUT2D eigenvalue weighted by atomic mass is 79.9. The lowest BCUT2D eigenvalue weighted by molar-refractivity contribution is 0.669. The number of benzene rings is 5. The van der Waals surface area contributed by atoms with E-state index in [1.165, 1.54) is 38.4 Å². The van der Waals surface area contributed by atoms with Crippen molar-refractivity contribution in [2.75, 3.05) is 0 Å². The van der Waals surface area contributed by atoms with Gasteiger partial charge in [-0.15, -0.1) is 0 Å². The van der Waals surface area contributed by atoms with E-state index in [4.69, 9.17) is 4.42 Å². The Morgan fingerprint density at radius 1 is 0.500 bits per heavy atom. The lowest BCUT2D eigenvalue weighted by Crippen LogP contribution is -1.82. The molecule has 0 aliphatic rings. The molecule has 0 amide bonds. The second-order valence-electron chi connectivity index (χ2n) is 7.56. The Labute approximate surface area is 182 Å². The van der Waals surface area contributed by atoms with Crippen LogP contribution in [0.4, 0.5) is 0 Å². The zero-order chi connectivity index (χ0) is 20.1. The molecule has 142 valence electrons. The first-order chi connectivity index (χ1) is 14.8. The molecule has 6 rings (SSSR count). The molecule has 30 heavy (non-hydrogen) atoms. The highest BCUT2D eigenvalue weighted by molar-refractivity contribution is 9.10. The molecule has 1 aromatic heterocycles. The first kappa shape index (κ1) is 17.5. The average molecular weight is 449 g/mol. The average Bonchev–Trinajstić information content (AvgIpc) is 3.18. The van der Waals surface area contributed by atoms with Gasteiger partial charge >= 0.3 is 0 Å². The van der Waals surface area contributed by atoms with Gasteiger partial charge in [-0.05, 0) is 69.4 Å². The molecule has 0 saturated carbocycles. The predicted octanol–water partition coefficient (Wildman–Crippen LogP) is 8.84. The fourth-order valence-electron chi connectivity index (χ4n) is 4.25. The maximum atomic E-state index is 6.15. The number of furan rings is 1. The summed E-state index contributed by atoms with van der Waals surface area (Å²) >= 11 is 3.52. The molecule has 0 fully saturated rings. The van der Waals surface area contributed by atoms with E-state index < -0.39 is 0 Å². The quantitative estimate of drug-likeness (QED) is 0.257. The van der Waals surface area contributed by atoms with Crippen molar-refractivity contribution in [2.45, 2.75) is 0 Å². The Balaban J connectivity index is 1.55. The third-order valence-electron chi connectivity index (χ3n) is 5.73. The van der Waals surface area contributed by atoms with Gasteiger partial charge in [-0.2, -0.15) is 0 Å². The fraction of sp³-hybridized carbons (Fsp3) is 0. The molecular formula is C28H17BrO. The molecule has 0 radical (unpaired) electrons. The van der Waals surface area contributed by atoms with Crippen LogP contribution in [0.1, 0.15) is 0 Å². The van der Waals surface area contributed by atoms with Crippen molar-refractivity contribution in [3.63, 3.8) is 0 Å². The van der Waals surface area contributed by atoms with Crippen LogP contribution in [-0.2, 0) is 0 Å². The summed E-state index contributed by atoms with van der Waals surface area (Å²) in [6.07, 6.45) is 0. The van der Waals surface area contributed by atoms with Gasteiger partial charge in [-0.1, -0.05) is 82.7 Å². The minimum atomic E-state index is 0.925. The van der Waals surface area contributed by atoms with E-state index in [1.807, 2.05) is 0 Å². The van der Waals surface area contributed by atoms with Gasteiger partial charge in [0.15, 0.2) is 0 Å². The standard InChI is InChI=1S/C28H17BrO/c29-23-12-8-18(9-13-23)20-5-3-6-21(16-20)22-11-14-26-25(17-22)28-24-7-2-1-4-19(24)10-15-27(28)30-26/h1-17H. The second-order valence-corrected chi connectivity index (χ2v) is 8.48. The number of rotatable bonds is 2. The number of halogens is 1. The zero-order valence-electron chi connectivity index (χ0n) is 16.1. The maximum Gasteiger partial charge on any atom is 0.136 e. The highest BCUT2D eigenvalue weighted by Crippen LogP contribution is 2.37. The second kappa shape index (κ2) is 6.86. The zero-order valence-corrected chi connectivity index (χ0v) is 17.7. The van der Waals surface area contributed by atoms with Gasteiger partial charge in [-0.3, -0.25) is 0 Å². The minimum absolute atomic E-state index is 0.925. The van der Waals surface area contributed by atoms with Gasteiger partial charge in [0.05, 0.1) is 0 Å². The van der Waals surface area contributed by atoms with Crippen LogP contribution in [0.3, 0.4) is 0 Å². The third kappa shape index (κ3) is 2.84. The van der Waals surface area contributed by atoms with Gasteiger partial charge in [0.25, 0.3) is 0 Å². The molecule has 0 bridgehead atoms. The Morgan fingerprint density at radius 3 is 2.07 bits per heavy atom. The van der Waals surface area contributed by atoms with Crippen molar-refractivity contribution in [3.05, 3.63) is 108 Å². The van der Waals surface area contributed by atoms with Gasteiger partial charge in [0.1, 0.15) is 11.2 Å². The van der Waals surface area contributed by atoms with E-state index in [1.54, 1.807) is 0 Å². The molecule has 0 aliphatic carbocycles. The fourth-order valence-corrected chi connectivity index (χ4v) is 4.51. The van der Waals surface area contributed by atoms with E-state index in [0.717, 1.165) is 21.0 Å². The van der Waals surface area contributed by atoms with Crippen molar-refractivity contribution >= 4 is 48.6 Å². The summed E-state index contributed by atoms with van der Waals surface area (Å²) in [4.78, 5) is 0. The Morgan fingerprint density at radius 2 is 1.20 bits per heavy atom. The summed E-state index contributed by atoms with van der Waals surface area (Å²) < 4.78 is 7.24. The Kier molecular flexibility index (Phi) is 4.00. The molecule has 0 atom stereocenters. The number of hydrogen-bond acceptors (Lipinski definition) is 1. The van der Waals surface area contributed by atoms with Gasteiger partial charge in [0.2, 0.25) is 0 Å². The maximum absolute atomic E-state index is 6.15. The van der Waals surface area contributed by atoms with Crippen LogP contribution >= 0.6 is 15.9 Å². The first-order valence-electron chi connectivity index (χ1n) is 9.97. The summed E-state index contributed by atoms with van der Waals surface area (Å²) in [5.41, 5.74) is 6.67. The van der Waals surface area contributed by atoms with Crippen molar-refractivity contribution < 1.29 is 4.42 Å². The molecule has 0 aliphatic heterocycles. The summed E-state index contributed by atoms with van der Waals surface area (Å²) in [6.45, 7) is 0. The molecule has 1 heterocycles. The van der Waals surface area contributed by atoms with Crippen molar-refractivity contribution in [2.24, 2.45) is 0 Å². The molecule has 0 N–H and O–H groups in total. The van der Waals surface area contributed by atoms with Crippen LogP contribution in [0.15, 0.2) is 112 Å². The van der Waals surface area contributed by atoms with Crippen molar-refractivity contribution in [1.82, 2.24) is 0 Å². The molecule has 0 saturated heterocycles. The van der Waals surface area contributed by atoms with Gasteiger partial charge in [0, 0.05) is 15.2 Å². The van der Waals surface area contributed by atoms with Crippen LogP contribution in [0.2, 0.25) is 0 Å². The lowest BCUT2D eigenvalue weighted by atomic mass is 9.97. The van der Waals surface area contributed by atoms with Crippen LogP contribution in [0, 0.1) is 0 Å². The molecule has 2 heteroatoms. The molecule has 6 aromatic rings. The largest absolute Gasteiger partial charge is 0.456 e. The molecule has 0 unspecified atom stereocenters. The topological polar surface area (TPSA) is 13.1 Å². The molecule has 0 spiro atoms.